The van der Waals surface area contributed by atoms with Crippen LogP contribution in [-0.2, 0) is 0 Å². The summed E-state index contributed by atoms with van der Waals surface area (Å²) < 4.78 is 0. The molecule has 0 aliphatic heterocycles. The Hall–Kier alpha value is -0.0400. The monoisotopic (exact) mass is 297 g/mol. The molecule has 0 spiro atoms. The van der Waals surface area contributed by atoms with E-state index in [2.05, 4.69) is 20.8 Å². The lowest BCUT2D eigenvalue weighted by Crippen LogP contribution is -2.35. The molecule has 0 aromatic heterocycles. The van der Waals surface area contributed by atoms with Gasteiger partial charge in [0.15, 0.2) is 0 Å². The predicted octanol–water partition coefficient (Wildman–Crippen LogP) is 6.99. The van der Waals surface area contributed by atoms with Gasteiger partial charge in [0.1, 0.15) is 0 Å². The van der Waals surface area contributed by atoms with Crippen LogP contribution in [0.15, 0.2) is 0 Å². The highest BCUT2D eigenvalue weighted by atomic mass is 14.7. The molecule has 0 aliphatic rings. The van der Waals surface area contributed by atoms with E-state index < -0.39 is 0 Å². The van der Waals surface area contributed by atoms with Gasteiger partial charge in [0.25, 0.3) is 0 Å². The summed E-state index contributed by atoms with van der Waals surface area (Å²) in [4.78, 5) is 0. The Kier molecular flexibility index (Phi) is 14.9. The van der Waals surface area contributed by atoms with Crippen molar-refractivity contribution < 1.29 is 0 Å². The van der Waals surface area contributed by atoms with Crippen LogP contribution in [0.1, 0.15) is 124 Å². The summed E-state index contributed by atoms with van der Waals surface area (Å²) in [5, 5.41) is 0. The van der Waals surface area contributed by atoms with Crippen molar-refractivity contribution in [1.29, 1.82) is 0 Å². The van der Waals surface area contributed by atoms with Crippen molar-refractivity contribution in [2.24, 2.45) is 5.73 Å². The molecule has 0 bridgehead atoms. The molecule has 0 aromatic carbocycles. The van der Waals surface area contributed by atoms with Crippen molar-refractivity contribution in [2.45, 2.75) is 129 Å². The van der Waals surface area contributed by atoms with E-state index in [0.717, 1.165) is 0 Å². The summed E-state index contributed by atoms with van der Waals surface area (Å²) in [6.07, 6.45) is 22.0. The molecular weight excluding hydrogens is 254 g/mol. The first kappa shape index (κ1) is 21.0. The molecule has 0 fully saturated rings. The normalized spacial score (nSPS) is 14.3. The maximum Gasteiger partial charge on any atom is 0.0125 e. The zero-order chi connectivity index (χ0) is 15.8. The molecule has 0 aromatic rings. The Morgan fingerprint density at radius 3 is 1.29 bits per heavy atom. The minimum absolute atomic E-state index is 0.0918. The van der Waals surface area contributed by atoms with Crippen molar-refractivity contribution in [3.8, 4) is 0 Å². The van der Waals surface area contributed by atoms with Gasteiger partial charge in [0.05, 0.1) is 0 Å². The van der Waals surface area contributed by atoms with Crippen molar-refractivity contribution in [1.82, 2.24) is 0 Å². The summed E-state index contributed by atoms with van der Waals surface area (Å²) in [5.74, 6) is 0. The zero-order valence-electron chi connectivity index (χ0n) is 15.4. The Labute approximate surface area is 135 Å². The van der Waals surface area contributed by atoms with Crippen molar-refractivity contribution in [3.05, 3.63) is 0 Å². The van der Waals surface area contributed by atoms with Gasteiger partial charge in [-0.15, -0.1) is 0 Å². The van der Waals surface area contributed by atoms with Crippen LogP contribution < -0.4 is 5.73 Å². The van der Waals surface area contributed by atoms with E-state index in [9.17, 15) is 0 Å². The van der Waals surface area contributed by atoms with E-state index >= 15 is 0 Å². The molecule has 2 N–H and O–H groups in total. The maximum absolute atomic E-state index is 6.33. The lowest BCUT2D eigenvalue weighted by molar-refractivity contribution is 0.369. The second kappa shape index (κ2) is 14.9. The van der Waals surface area contributed by atoms with Gasteiger partial charge in [-0.1, -0.05) is 104 Å². The smallest absolute Gasteiger partial charge is 0.0125 e. The predicted molar refractivity (Wildman–Crippen MR) is 97.8 cm³/mol. The summed E-state index contributed by atoms with van der Waals surface area (Å²) in [6.45, 7) is 6.78. The molecule has 0 rings (SSSR count). The number of hydrogen-bond donors (Lipinski definition) is 1. The van der Waals surface area contributed by atoms with Gasteiger partial charge in [0, 0.05) is 5.54 Å². The Morgan fingerprint density at radius 1 is 0.524 bits per heavy atom. The third kappa shape index (κ3) is 16.2. The van der Waals surface area contributed by atoms with Crippen LogP contribution in [0.5, 0.6) is 0 Å². The van der Waals surface area contributed by atoms with Crippen molar-refractivity contribution >= 4 is 0 Å². The first-order chi connectivity index (χ1) is 10.1. The zero-order valence-corrected chi connectivity index (χ0v) is 15.4. The second-order valence-corrected chi connectivity index (χ2v) is 7.40. The van der Waals surface area contributed by atoms with Crippen molar-refractivity contribution in [2.75, 3.05) is 0 Å². The largest absolute Gasteiger partial charge is 0.325 e. The van der Waals surface area contributed by atoms with Gasteiger partial charge >= 0.3 is 0 Å². The SMILES string of the molecule is CCCCCCCCCCCCCCC(C)(N)CCCC. The molecular formula is C20H43N. The van der Waals surface area contributed by atoms with Crippen LogP contribution in [-0.4, -0.2) is 5.54 Å². The van der Waals surface area contributed by atoms with E-state index in [-0.39, 0.29) is 5.54 Å². The number of nitrogens with two attached hydrogens (primary N) is 1. The number of unbranched alkanes of at least 4 members (excludes halogenated alkanes) is 12. The molecule has 1 atom stereocenters. The van der Waals surface area contributed by atoms with Crippen LogP contribution in [0.25, 0.3) is 0 Å². The van der Waals surface area contributed by atoms with Crippen molar-refractivity contribution in [3.63, 3.8) is 0 Å². The third-order valence-corrected chi connectivity index (χ3v) is 4.70. The fourth-order valence-electron chi connectivity index (χ4n) is 3.08. The first-order valence-corrected chi connectivity index (χ1v) is 9.91. The molecule has 1 nitrogen and oxygen atoms in total. The molecule has 1 unspecified atom stereocenters. The molecule has 0 heterocycles. The van der Waals surface area contributed by atoms with Crippen LogP contribution in [0, 0.1) is 0 Å². The number of hydrogen-bond acceptors (Lipinski definition) is 1. The third-order valence-electron chi connectivity index (χ3n) is 4.70. The average molecular weight is 298 g/mol. The lowest BCUT2D eigenvalue weighted by Gasteiger charge is -2.24. The molecule has 1 heteroatoms. The van der Waals surface area contributed by atoms with E-state index in [4.69, 9.17) is 5.73 Å². The molecule has 0 saturated carbocycles. The van der Waals surface area contributed by atoms with E-state index in [1.54, 1.807) is 0 Å². The summed E-state index contributed by atoms with van der Waals surface area (Å²) in [7, 11) is 0. The topological polar surface area (TPSA) is 26.0 Å². The summed E-state index contributed by atoms with van der Waals surface area (Å²) in [6, 6.07) is 0. The standard InChI is InChI=1S/C20H43N/c1-4-6-8-9-10-11-12-13-14-15-16-17-19-20(3,21)18-7-5-2/h4-19,21H2,1-3H3. The minimum Gasteiger partial charge on any atom is -0.325 e. The highest BCUT2D eigenvalue weighted by molar-refractivity contribution is 4.77. The Bertz CT molecular complexity index is 198. The molecule has 128 valence electrons. The van der Waals surface area contributed by atoms with Crippen LogP contribution >= 0.6 is 0 Å². The highest BCUT2D eigenvalue weighted by Gasteiger charge is 2.16. The van der Waals surface area contributed by atoms with Gasteiger partial charge in [0.2, 0.25) is 0 Å². The van der Waals surface area contributed by atoms with Gasteiger partial charge < -0.3 is 5.73 Å². The van der Waals surface area contributed by atoms with Gasteiger partial charge in [-0.05, 0) is 19.8 Å². The molecule has 0 amide bonds. The van der Waals surface area contributed by atoms with Crippen LogP contribution in [0.4, 0.5) is 0 Å². The quantitative estimate of drug-likeness (QED) is 0.305. The highest BCUT2D eigenvalue weighted by Crippen LogP contribution is 2.19. The maximum atomic E-state index is 6.33. The van der Waals surface area contributed by atoms with Crippen LogP contribution in [0.3, 0.4) is 0 Å². The molecule has 21 heavy (non-hydrogen) atoms. The van der Waals surface area contributed by atoms with E-state index in [0.29, 0.717) is 0 Å². The minimum atomic E-state index is 0.0918. The van der Waals surface area contributed by atoms with Crippen LogP contribution in [0.2, 0.25) is 0 Å². The number of rotatable bonds is 16. The van der Waals surface area contributed by atoms with E-state index in [1.165, 1.54) is 103 Å². The molecule has 0 saturated heterocycles. The average Bonchev–Trinajstić information content (AvgIpc) is 2.46. The Balaban J connectivity index is 3.18. The second-order valence-electron chi connectivity index (χ2n) is 7.40. The molecule has 0 radical (unpaired) electrons. The fraction of sp³-hybridized carbons (Fsp3) is 1.00. The van der Waals surface area contributed by atoms with Gasteiger partial charge in [-0.3, -0.25) is 0 Å². The van der Waals surface area contributed by atoms with E-state index in [1.807, 2.05) is 0 Å². The van der Waals surface area contributed by atoms with Gasteiger partial charge in [-0.2, -0.15) is 0 Å². The fourth-order valence-corrected chi connectivity index (χ4v) is 3.08. The summed E-state index contributed by atoms with van der Waals surface area (Å²) in [5.41, 5.74) is 6.42. The summed E-state index contributed by atoms with van der Waals surface area (Å²) >= 11 is 0. The van der Waals surface area contributed by atoms with Gasteiger partial charge in [-0.25, -0.2) is 0 Å². The Morgan fingerprint density at radius 2 is 0.857 bits per heavy atom. The first-order valence-electron chi connectivity index (χ1n) is 9.91. The molecule has 0 aliphatic carbocycles. The lowest BCUT2D eigenvalue weighted by atomic mass is 9.90.